The smallest absolute Gasteiger partial charge is 0.209 e. The molecule has 0 atom stereocenters. The van der Waals surface area contributed by atoms with Gasteiger partial charge in [-0.2, -0.15) is 0 Å². The first-order valence-corrected chi connectivity index (χ1v) is 9.94. The minimum absolute atomic E-state index is 0. The lowest BCUT2D eigenvalue weighted by molar-refractivity contribution is -0.890. The number of carbonyl (C=O) groups is 1. The fourth-order valence-electron chi connectivity index (χ4n) is 3.26. The predicted molar refractivity (Wildman–Crippen MR) is 109 cm³/mol. The Hall–Kier alpha value is -1.30. The van der Waals surface area contributed by atoms with Crippen molar-refractivity contribution in [2.45, 2.75) is 32.6 Å². The Labute approximate surface area is 172 Å². The molecule has 1 aromatic carbocycles. The fourth-order valence-corrected chi connectivity index (χ4v) is 3.26. The number of hydrogen-bond acceptors (Lipinski definition) is 3. The van der Waals surface area contributed by atoms with Gasteiger partial charge in [0, 0.05) is 44.9 Å². The van der Waals surface area contributed by atoms with E-state index in [1.807, 2.05) is 0 Å². The Balaban J connectivity index is 0.00000676. The highest BCUT2D eigenvalue weighted by Crippen LogP contribution is 2.14. The quantitative estimate of drug-likeness (QED) is 0.248. The molecule has 0 fully saturated rings. The van der Waals surface area contributed by atoms with Gasteiger partial charge in [0.1, 0.15) is 0 Å². The van der Waals surface area contributed by atoms with E-state index >= 15 is 0 Å². The van der Waals surface area contributed by atoms with E-state index in [2.05, 4.69) is 56.3 Å². The zero-order valence-electron chi connectivity index (χ0n) is 17.3. The first kappa shape index (κ1) is 25.7. The molecule has 0 heterocycles. The number of quaternary nitrogens is 1. The summed E-state index contributed by atoms with van der Waals surface area (Å²) in [6, 6.07) is 10.6. The Bertz CT molecular complexity index is 486. The van der Waals surface area contributed by atoms with Crippen LogP contribution in [0.15, 0.2) is 30.3 Å². The van der Waals surface area contributed by atoms with E-state index < -0.39 is 0 Å². The summed E-state index contributed by atoms with van der Waals surface area (Å²) in [5.41, 5.74) is 1.31. The number of aliphatic hydroxyl groups is 1. The van der Waals surface area contributed by atoms with Gasteiger partial charge in [0.2, 0.25) is 6.41 Å². The molecule has 0 aliphatic carbocycles. The van der Waals surface area contributed by atoms with Gasteiger partial charge in [-0.1, -0.05) is 18.2 Å². The number of rotatable bonds is 15. The van der Waals surface area contributed by atoms with Crippen LogP contribution >= 0.6 is 0 Å². The monoisotopic (exact) mass is 399 g/mol. The third-order valence-corrected chi connectivity index (χ3v) is 4.91. The molecule has 0 aliphatic heterocycles. The first-order chi connectivity index (χ1) is 12.5. The molecule has 0 aliphatic rings. The van der Waals surface area contributed by atoms with Crippen molar-refractivity contribution in [3.05, 3.63) is 30.3 Å². The van der Waals surface area contributed by atoms with Crippen LogP contribution in [0.3, 0.4) is 0 Å². The van der Waals surface area contributed by atoms with Crippen molar-refractivity contribution in [1.82, 2.24) is 4.90 Å². The van der Waals surface area contributed by atoms with Crippen LogP contribution in [-0.2, 0) is 4.79 Å². The minimum Gasteiger partial charge on any atom is -1.00 e. The summed E-state index contributed by atoms with van der Waals surface area (Å²) in [6.45, 7) is 8.15. The molecule has 1 N–H and O–H groups in total. The highest BCUT2D eigenvalue weighted by Gasteiger charge is 2.15. The van der Waals surface area contributed by atoms with Gasteiger partial charge in [-0.3, -0.25) is 4.79 Å². The number of anilines is 1. The molecule has 6 heteroatoms. The maximum atomic E-state index is 11.0. The number of nitrogens with zero attached hydrogens (tertiary/aromatic N) is 3. The number of amides is 1. The molecule has 1 amide bonds. The summed E-state index contributed by atoms with van der Waals surface area (Å²) < 4.78 is 0.990. The van der Waals surface area contributed by atoms with Gasteiger partial charge in [-0.15, -0.1) is 0 Å². The number of aliphatic hydroxyl groups excluding tert-OH is 1. The highest BCUT2D eigenvalue weighted by atomic mass is 35.5. The molecular weight excluding hydrogens is 362 g/mol. The van der Waals surface area contributed by atoms with Crippen LogP contribution in [0.4, 0.5) is 5.69 Å². The second-order valence-electron chi connectivity index (χ2n) is 7.58. The predicted octanol–water partition coefficient (Wildman–Crippen LogP) is -0.396. The Morgan fingerprint density at radius 1 is 0.963 bits per heavy atom. The van der Waals surface area contributed by atoms with Crippen LogP contribution in [0, 0.1) is 0 Å². The molecule has 0 radical (unpaired) electrons. The van der Waals surface area contributed by atoms with Gasteiger partial charge < -0.3 is 31.8 Å². The van der Waals surface area contributed by atoms with E-state index in [4.69, 9.17) is 5.11 Å². The van der Waals surface area contributed by atoms with Crippen LogP contribution < -0.4 is 17.3 Å². The van der Waals surface area contributed by atoms with Crippen LogP contribution in [-0.4, -0.2) is 80.9 Å². The molecule has 0 bridgehead atoms. The Morgan fingerprint density at radius 3 is 2.19 bits per heavy atom. The molecule has 27 heavy (non-hydrogen) atoms. The summed E-state index contributed by atoms with van der Waals surface area (Å²) in [7, 11) is 4.54. The zero-order chi connectivity index (χ0) is 19.3. The first-order valence-electron chi connectivity index (χ1n) is 9.94. The fraction of sp³-hybridized carbons (Fsp3) is 0.667. The standard InChI is InChI=1S/C21H38N3O2.ClH/c1-4-23(21-12-6-5-7-13-21)16-8-9-17-24(2,3)18-10-14-22(20-26)15-11-19-25;/h5-7,12-13,20,25H,4,8-11,14-19H2,1-3H3;1H/q+1;/p-1. The second-order valence-corrected chi connectivity index (χ2v) is 7.58. The molecule has 0 saturated carbocycles. The Morgan fingerprint density at radius 2 is 1.59 bits per heavy atom. The summed E-state index contributed by atoms with van der Waals surface area (Å²) in [4.78, 5) is 15.2. The Kier molecular flexibility index (Phi) is 14.0. The highest BCUT2D eigenvalue weighted by molar-refractivity contribution is 5.46. The second kappa shape index (κ2) is 14.7. The lowest BCUT2D eigenvalue weighted by atomic mass is 10.2. The molecular formula is C21H38ClN3O2. The molecule has 0 saturated heterocycles. The third-order valence-electron chi connectivity index (χ3n) is 4.91. The summed E-state index contributed by atoms with van der Waals surface area (Å²) in [6.07, 6.45) is 4.97. The molecule has 156 valence electrons. The lowest BCUT2D eigenvalue weighted by Gasteiger charge is -2.31. The van der Waals surface area contributed by atoms with Gasteiger partial charge in [0.25, 0.3) is 0 Å². The largest absolute Gasteiger partial charge is 1.00 e. The average molecular weight is 400 g/mol. The number of hydrogen-bond donors (Lipinski definition) is 1. The van der Waals surface area contributed by atoms with E-state index in [0.717, 1.165) is 50.0 Å². The normalized spacial score (nSPS) is 11.0. The zero-order valence-corrected chi connectivity index (χ0v) is 18.1. The molecule has 0 spiro atoms. The molecule has 0 aromatic heterocycles. The van der Waals surface area contributed by atoms with Gasteiger partial charge in [0.15, 0.2) is 0 Å². The molecule has 5 nitrogen and oxygen atoms in total. The van der Waals surface area contributed by atoms with Gasteiger partial charge in [0.05, 0.1) is 27.2 Å². The van der Waals surface area contributed by atoms with Crippen molar-refractivity contribution in [3.63, 3.8) is 0 Å². The van der Waals surface area contributed by atoms with Crippen molar-refractivity contribution in [2.75, 3.05) is 64.9 Å². The molecule has 1 aromatic rings. The molecule has 1 rings (SSSR count). The maximum Gasteiger partial charge on any atom is 0.209 e. The summed E-state index contributed by atoms with van der Waals surface area (Å²) in [5.74, 6) is 0. The van der Waals surface area contributed by atoms with Crippen molar-refractivity contribution in [1.29, 1.82) is 0 Å². The SMILES string of the molecule is CCN(CCCC[N+](C)(C)CCCN(C=O)CCCO)c1ccccc1.[Cl-]. The van der Waals surface area contributed by atoms with Gasteiger partial charge in [-0.05, 0) is 38.3 Å². The van der Waals surface area contributed by atoms with E-state index in [1.54, 1.807) is 4.90 Å². The summed E-state index contributed by atoms with van der Waals surface area (Å²) in [5, 5.41) is 8.87. The van der Waals surface area contributed by atoms with Gasteiger partial charge in [-0.25, -0.2) is 0 Å². The average Bonchev–Trinajstić information content (AvgIpc) is 2.65. The number of unbranched alkanes of at least 4 members (excludes halogenated alkanes) is 1. The summed E-state index contributed by atoms with van der Waals surface area (Å²) >= 11 is 0. The number of para-hydroxylation sites is 1. The maximum absolute atomic E-state index is 11.0. The number of benzene rings is 1. The van der Waals surface area contributed by atoms with Crippen molar-refractivity contribution in [2.24, 2.45) is 0 Å². The van der Waals surface area contributed by atoms with Crippen molar-refractivity contribution >= 4 is 12.1 Å². The van der Waals surface area contributed by atoms with Crippen LogP contribution in [0.1, 0.15) is 32.6 Å². The number of halogens is 1. The lowest BCUT2D eigenvalue weighted by Crippen LogP contribution is -3.00. The van der Waals surface area contributed by atoms with Crippen LogP contribution in [0.2, 0.25) is 0 Å². The van der Waals surface area contributed by atoms with Crippen LogP contribution in [0.25, 0.3) is 0 Å². The molecule has 0 unspecified atom stereocenters. The van der Waals surface area contributed by atoms with E-state index in [1.165, 1.54) is 18.5 Å². The van der Waals surface area contributed by atoms with Crippen molar-refractivity contribution in [3.8, 4) is 0 Å². The minimum atomic E-state index is 0. The van der Waals surface area contributed by atoms with E-state index in [0.29, 0.717) is 13.0 Å². The van der Waals surface area contributed by atoms with Crippen LogP contribution in [0.5, 0.6) is 0 Å². The van der Waals surface area contributed by atoms with Crippen molar-refractivity contribution < 1.29 is 26.8 Å². The third kappa shape index (κ3) is 11.2. The van der Waals surface area contributed by atoms with Gasteiger partial charge >= 0.3 is 0 Å². The number of carbonyl (C=O) groups excluding carboxylic acids is 1. The van der Waals surface area contributed by atoms with E-state index in [9.17, 15) is 4.79 Å². The van der Waals surface area contributed by atoms with E-state index in [-0.39, 0.29) is 19.0 Å². The topological polar surface area (TPSA) is 43.8 Å².